The summed E-state index contributed by atoms with van der Waals surface area (Å²) in [6.45, 7) is 7.03. The average Bonchev–Trinajstić information content (AvgIpc) is 3.70. The standard InChI is InChI=1S/C27H33N7O6/c1-5-10-29-24(35)20-12-33-22(16(20)3)23(30-13-31-33)32-21-11-18(7-6-15(21)2)25(36)34(19-8-9-19)27(38)40-14-39-26(37)17(4)28/h6-7,11-13,17,19H,5,8-10,14,28H2,1-4H3,(H,29,35)(H,30,31,32)/t17-/m0/s1. The van der Waals surface area contributed by atoms with E-state index >= 15 is 0 Å². The summed E-state index contributed by atoms with van der Waals surface area (Å²) in [5.41, 5.74) is 8.90. The summed E-state index contributed by atoms with van der Waals surface area (Å²) in [6, 6.07) is 3.83. The number of ether oxygens (including phenoxy) is 2. The van der Waals surface area contributed by atoms with Crippen molar-refractivity contribution < 1.29 is 28.7 Å². The van der Waals surface area contributed by atoms with Crippen molar-refractivity contribution in [3.8, 4) is 0 Å². The van der Waals surface area contributed by atoms with E-state index in [9.17, 15) is 19.2 Å². The van der Waals surface area contributed by atoms with Crippen molar-refractivity contribution in [2.45, 2.75) is 59.0 Å². The number of amides is 3. The third-order valence-corrected chi connectivity index (χ3v) is 6.43. The van der Waals surface area contributed by atoms with Crippen molar-refractivity contribution in [2.75, 3.05) is 18.7 Å². The molecule has 2 heterocycles. The maximum absolute atomic E-state index is 13.4. The number of hydrogen-bond donors (Lipinski definition) is 3. The Hall–Kier alpha value is -4.52. The predicted octanol–water partition coefficient (Wildman–Crippen LogP) is 2.82. The van der Waals surface area contributed by atoms with E-state index in [0.29, 0.717) is 47.5 Å². The normalized spacial score (nSPS) is 13.4. The molecule has 1 atom stereocenters. The number of anilines is 2. The number of esters is 1. The molecule has 3 amide bonds. The molecular formula is C27H33N7O6. The molecule has 4 N–H and O–H groups in total. The fraction of sp³-hybridized carbons (Fsp3) is 0.407. The van der Waals surface area contributed by atoms with Gasteiger partial charge in [-0.25, -0.2) is 19.2 Å². The van der Waals surface area contributed by atoms with Gasteiger partial charge in [0.05, 0.1) is 5.56 Å². The number of nitrogens with one attached hydrogen (secondary N) is 2. The van der Waals surface area contributed by atoms with Crippen LogP contribution in [0.5, 0.6) is 0 Å². The molecule has 0 spiro atoms. The quantitative estimate of drug-likeness (QED) is 0.251. The van der Waals surface area contributed by atoms with Crippen molar-refractivity contribution in [1.29, 1.82) is 0 Å². The zero-order valence-corrected chi connectivity index (χ0v) is 22.9. The molecule has 1 fully saturated rings. The number of hydrogen-bond acceptors (Lipinski definition) is 10. The molecule has 3 aromatic rings. The van der Waals surface area contributed by atoms with E-state index in [2.05, 4.69) is 20.7 Å². The van der Waals surface area contributed by atoms with E-state index in [1.807, 2.05) is 20.8 Å². The summed E-state index contributed by atoms with van der Waals surface area (Å²) in [7, 11) is 0. The Kier molecular flexibility index (Phi) is 8.63. The van der Waals surface area contributed by atoms with Crippen LogP contribution in [0.2, 0.25) is 0 Å². The summed E-state index contributed by atoms with van der Waals surface area (Å²) in [4.78, 5) is 55.7. The molecule has 212 valence electrons. The first-order valence-electron chi connectivity index (χ1n) is 13.0. The molecule has 4 rings (SSSR count). The molecule has 2 aromatic heterocycles. The lowest BCUT2D eigenvalue weighted by atomic mass is 10.1. The van der Waals surface area contributed by atoms with Crippen LogP contribution in [0.1, 0.15) is 65.0 Å². The fourth-order valence-electron chi connectivity index (χ4n) is 4.04. The van der Waals surface area contributed by atoms with Gasteiger partial charge < -0.3 is 25.8 Å². The number of aryl methyl sites for hydroxylation is 2. The number of carbonyl (C=O) groups excluding carboxylic acids is 4. The molecule has 0 saturated heterocycles. The second-order valence-corrected chi connectivity index (χ2v) is 9.67. The van der Waals surface area contributed by atoms with Crippen LogP contribution < -0.4 is 16.4 Å². The van der Waals surface area contributed by atoms with Crippen LogP contribution in [-0.4, -0.2) is 68.8 Å². The van der Waals surface area contributed by atoms with E-state index in [0.717, 1.165) is 16.9 Å². The van der Waals surface area contributed by atoms with E-state index in [-0.39, 0.29) is 17.5 Å². The van der Waals surface area contributed by atoms with Gasteiger partial charge >= 0.3 is 12.1 Å². The highest BCUT2D eigenvalue weighted by Crippen LogP contribution is 2.31. The zero-order chi connectivity index (χ0) is 29.0. The Morgan fingerprint density at radius 2 is 1.95 bits per heavy atom. The molecule has 0 bridgehead atoms. The Bertz CT molecular complexity index is 1450. The van der Waals surface area contributed by atoms with Crippen LogP contribution >= 0.6 is 0 Å². The molecule has 0 unspecified atom stereocenters. The minimum absolute atomic E-state index is 0.195. The number of nitrogens with zero attached hydrogens (tertiary/aromatic N) is 4. The highest BCUT2D eigenvalue weighted by molar-refractivity contribution is 6.04. The molecule has 40 heavy (non-hydrogen) atoms. The summed E-state index contributed by atoms with van der Waals surface area (Å²) in [5.74, 6) is -1.02. The van der Waals surface area contributed by atoms with Gasteiger partial charge in [-0.3, -0.25) is 14.4 Å². The third kappa shape index (κ3) is 6.20. The smallest absolute Gasteiger partial charge is 0.419 e. The van der Waals surface area contributed by atoms with Gasteiger partial charge in [-0.05, 0) is 63.3 Å². The van der Waals surface area contributed by atoms with Crippen molar-refractivity contribution in [3.63, 3.8) is 0 Å². The summed E-state index contributed by atoms with van der Waals surface area (Å²) in [6.07, 6.45) is 4.23. The Balaban J connectivity index is 1.56. The first-order chi connectivity index (χ1) is 19.1. The minimum Gasteiger partial charge on any atom is -0.427 e. The number of aromatic nitrogens is 3. The Labute approximate surface area is 231 Å². The lowest BCUT2D eigenvalue weighted by molar-refractivity contribution is -0.153. The highest BCUT2D eigenvalue weighted by Gasteiger charge is 2.39. The predicted molar refractivity (Wildman–Crippen MR) is 145 cm³/mol. The molecule has 1 aromatic carbocycles. The van der Waals surface area contributed by atoms with Gasteiger partial charge in [-0.15, -0.1) is 0 Å². The lowest BCUT2D eigenvalue weighted by Gasteiger charge is -2.21. The maximum Gasteiger partial charge on any atom is 0.419 e. The van der Waals surface area contributed by atoms with Gasteiger partial charge in [0.15, 0.2) is 5.82 Å². The molecular weight excluding hydrogens is 518 g/mol. The van der Waals surface area contributed by atoms with Gasteiger partial charge in [0, 0.05) is 30.0 Å². The molecule has 13 nitrogen and oxygen atoms in total. The van der Waals surface area contributed by atoms with E-state index in [4.69, 9.17) is 15.2 Å². The zero-order valence-electron chi connectivity index (χ0n) is 22.9. The van der Waals surface area contributed by atoms with E-state index in [1.54, 1.807) is 28.9 Å². The Morgan fingerprint density at radius 1 is 1.20 bits per heavy atom. The lowest BCUT2D eigenvalue weighted by Crippen LogP contribution is -2.40. The largest absolute Gasteiger partial charge is 0.427 e. The van der Waals surface area contributed by atoms with Crippen LogP contribution in [0, 0.1) is 13.8 Å². The van der Waals surface area contributed by atoms with E-state index in [1.165, 1.54) is 13.3 Å². The van der Waals surface area contributed by atoms with Crippen molar-refractivity contribution >= 4 is 40.9 Å². The number of rotatable bonds is 10. The number of nitrogens with two attached hydrogens (primary N) is 1. The number of carbonyl (C=O) groups is 4. The highest BCUT2D eigenvalue weighted by atomic mass is 16.7. The fourth-order valence-corrected chi connectivity index (χ4v) is 4.04. The maximum atomic E-state index is 13.4. The number of imide groups is 1. The third-order valence-electron chi connectivity index (χ3n) is 6.43. The number of benzene rings is 1. The second kappa shape index (κ2) is 12.1. The topological polar surface area (TPSA) is 170 Å². The second-order valence-electron chi connectivity index (χ2n) is 9.67. The van der Waals surface area contributed by atoms with Crippen molar-refractivity contribution in [1.82, 2.24) is 24.8 Å². The van der Waals surface area contributed by atoms with Crippen LogP contribution in [0.15, 0.2) is 30.7 Å². The van der Waals surface area contributed by atoms with Gasteiger partial charge in [0.25, 0.3) is 11.8 Å². The van der Waals surface area contributed by atoms with Crippen LogP contribution in [0.3, 0.4) is 0 Å². The van der Waals surface area contributed by atoms with Gasteiger partial charge in [0.2, 0.25) is 6.79 Å². The monoisotopic (exact) mass is 551 g/mol. The van der Waals surface area contributed by atoms with Crippen molar-refractivity contribution in [2.24, 2.45) is 5.73 Å². The van der Waals surface area contributed by atoms with E-state index < -0.39 is 30.8 Å². The van der Waals surface area contributed by atoms with Crippen LogP contribution in [0.25, 0.3) is 5.52 Å². The summed E-state index contributed by atoms with van der Waals surface area (Å²) >= 11 is 0. The molecule has 0 aliphatic heterocycles. The molecule has 0 radical (unpaired) electrons. The first-order valence-corrected chi connectivity index (χ1v) is 13.0. The molecule has 1 saturated carbocycles. The molecule has 1 aliphatic rings. The van der Waals surface area contributed by atoms with Crippen LogP contribution in [-0.2, 0) is 14.3 Å². The average molecular weight is 552 g/mol. The van der Waals surface area contributed by atoms with Gasteiger partial charge in [-0.1, -0.05) is 13.0 Å². The Morgan fingerprint density at radius 3 is 2.62 bits per heavy atom. The van der Waals surface area contributed by atoms with Crippen LogP contribution in [0.4, 0.5) is 16.3 Å². The SMILES string of the molecule is CCCNC(=O)c1cn2ncnc(Nc3cc(C(=O)N(C(=O)OCOC(=O)[C@H](C)N)C4CC4)ccc3C)c2c1C. The molecule has 1 aliphatic carbocycles. The van der Waals surface area contributed by atoms with Crippen molar-refractivity contribution in [3.05, 3.63) is 53.0 Å². The van der Waals surface area contributed by atoms with Gasteiger partial charge in [0.1, 0.15) is 17.9 Å². The number of fused-ring (bicyclic) bond motifs is 1. The van der Waals surface area contributed by atoms with Gasteiger partial charge in [-0.2, -0.15) is 5.10 Å². The first kappa shape index (κ1) is 28.5. The minimum atomic E-state index is -0.907. The summed E-state index contributed by atoms with van der Waals surface area (Å²) in [5, 5.41) is 10.4. The molecule has 13 heteroatoms. The summed E-state index contributed by atoms with van der Waals surface area (Å²) < 4.78 is 11.4.